The molecule has 1 N–H and O–H groups in total. The van der Waals surface area contributed by atoms with Gasteiger partial charge in [-0.25, -0.2) is 8.78 Å². The van der Waals surface area contributed by atoms with Crippen molar-refractivity contribution in [2.24, 2.45) is 5.92 Å². The number of halogens is 2. The van der Waals surface area contributed by atoms with E-state index in [0.717, 1.165) is 42.8 Å². The zero-order valence-electron chi connectivity index (χ0n) is 17.7. The molecular formula is C24H28F2N2O3. The van der Waals surface area contributed by atoms with Gasteiger partial charge >= 0.3 is 0 Å². The van der Waals surface area contributed by atoms with Crippen LogP contribution in [0.25, 0.3) is 0 Å². The summed E-state index contributed by atoms with van der Waals surface area (Å²) in [5.41, 5.74) is 1.46. The van der Waals surface area contributed by atoms with Crippen LogP contribution in [0.15, 0.2) is 42.5 Å². The van der Waals surface area contributed by atoms with E-state index in [1.165, 1.54) is 6.07 Å². The number of carbonyl (C=O) groups is 2. The second kappa shape index (κ2) is 10.9. The van der Waals surface area contributed by atoms with Crippen molar-refractivity contribution in [1.82, 2.24) is 10.2 Å². The van der Waals surface area contributed by atoms with Crippen LogP contribution in [0.5, 0.6) is 5.75 Å². The first-order valence-electron chi connectivity index (χ1n) is 10.6. The van der Waals surface area contributed by atoms with Crippen molar-refractivity contribution in [3.63, 3.8) is 0 Å². The Hall–Kier alpha value is -2.96. The average molecular weight is 430 g/mol. The van der Waals surface area contributed by atoms with E-state index in [1.807, 2.05) is 29.2 Å². The van der Waals surface area contributed by atoms with E-state index in [-0.39, 0.29) is 24.3 Å². The van der Waals surface area contributed by atoms with Gasteiger partial charge in [0.25, 0.3) is 0 Å². The number of rotatable bonds is 8. The Morgan fingerprint density at radius 1 is 1.10 bits per heavy atom. The van der Waals surface area contributed by atoms with Crippen LogP contribution in [-0.2, 0) is 22.6 Å². The minimum Gasteiger partial charge on any atom is -0.497 e. The lowest BCUT2D eigenvalue weighted by Crippen LogP contribution is -2.41. The molecule has 2 aromatic carbocycles. The molecule has 0 unspecified atom stereocenters. The highest BCUT2D eigenvalue weighted by Gasteiger charge is 2.24. The molecule has 1 saturated heterocycles. The molecule has 3 rings (SSSR count). The zero-order chi connectivity index (χ0) is 22.2. The van der Waals surface area contributed by atoms with Crippen LogP contribution in [0.3, 0.4) is 0 Å². The van der Waals surface area contributed by atoms with Gasteiger partial charge in [-0.1, -0.05) is 18.2 Å². The van der Waals surface area contributed by atoms with Crippen LogP contribution in [0.1, 0.15) is 36.8 Å². The van der Waals surface area contributed by atoms with Gasteiger partial charge in [-0.2, -0.15) is 0 Å². The Labute approximate surface area is 181 Å². The summed E-state index contributed by atoms with van der Waals surface area (Å²) < 4.78 is 31.4. The Kier molecular flexibility index (Phi) is 7.98. The van der Waals surface area contributed by atoms with Crippen LogP contribution in [0.4, 0.5) is 8.78 Å². The minimum absolute atomic E-state index is 0.0951. The van der Waals surface area contributed by atoms with Crippen LogP contribution in [0.2, 0.25) is 0 Å². The first kappa shape index (κ1) is 22.7. The van der Waals surface area contributed by atoms with Gasteiger partial charge in [-0.3, -0.25) is 9.59 Å². The maximum Gasteiger partial charge on any atom is 0.226 e. The number of amides is 2. The molecule has 0 radical (unpaired) electrons. The topological polar surface area (TPSA) is 58.6 Å². The third kappa shape index (κ3) is 6.77. The summed E-state index contributed by atoms with van der Waals surface area (Å²) in [5.74, 6) is -0.824. The molecular weight excluding hydrogens is 402 g/mol. The maximum atomic E-state index is 13.2. The predicted molar refractivity (Wildman–Crippen MR) is 113 cm³/mol. The zero-order valence-corrected chi connectivity index (χ0v) is 17.7. The molecule has 0 spiro atoms. The van der Waals surface area contributed by atoms with Crippen molar-refractivity contribution in [3.05, 3.63) is 65.2 Å². The normalized spacial score (nSPS) is 16.1. The highest BCUT2D eigenvalue weighted by atomic mass is 19.2. The molecule has 7 heteroatoms. The van der Waals surface area contributed by atoms with Crippen molar-refractivity contribution in [3.8, 4) is 5.75 Å². The van der Waals surface area contributed by atoms with Crippen molar-refractivity contribution < 1.29 is 23.1 Å². The van der Waals surface area contributed by atoms with Gasteiger partial charge in [0.1, 0.15) is 5.75 Å². The van der Waals surface area contributed by atoms with Crippen molar-refractivity contribution >= 4 is 11.8 Å². The molecule has 1 aliphatic rings. The average Bonchev–Trinajstić information content (AvgIpc) is 2.79. The second-order valence-corrected chi connectivity index (χ2v) is 7.94. The minimum atomic E-state index is -0.923. The molecule has 1 aliphatic heterocycles. The summed E-state index contributed by atoms with van der Waals surface area (Å²) in [6.07, 6.45) is 3.30. The van der Waals surface area contributed by atoms with Crippen molar-refractivity contribution in [2.45, 2.75) is 38.6 Å². The van der Waals surface area contributed by atoms with E-state index in [2.05, 4.69) is 5.32 Å². The fraction of sp³-hybridized carbons (Fsp3) is 0.417. The molecule has 1 heterocycles. The van der Waals surface area contributed by atoms with Crippen LogP contribution >= 0.6 is 0 Å². The number of hydrogen-bond acceptors (Lipinski definition) is 3. The summed E-state index contributed by atoms with van der Waals surface area (Å²) >= 11 is 0. The van der Waals surface area contributed by atoms with Crippen molar-refractivity contribution in [1.29, 1.82) is 0 Å². The fourth-order valence-corrected chi connectivity index (χ4v) is 3.83. The first-order valence-corrected chi connectivity index (χ1v) is 10.6. The summed E-state index contributed by atoms with van der Waals surface area (Å²) in [4.78, 5) is 26.7. The molecule has 1 fully saturated rings. The molecule has 2 aromatic rings. The van der Waals surface area contributed by atoms with E-state index in [0.29, 0.717) is 31.4 Å². The molecule has 2 amide bonds. The van der Waals surface area contributed by atoms with Crippen LogP contribution < -0.4 is 10.1 Å². The van der Waals surface area contributed by atoms with E-state index in [9.17, 15) is 18.4 Å². The largest absolute Gasteiger partial charge is 0.497 e. The number of nitrogens with zero attached hydrogens (tertiary/aromatic N) is 1. The maximum absolute atomic E-state index is 13.2. The first-order chi connectivity index (χ1) is 14.9. The molecule has 31 heavy (non-hydrogen) atoms. The Balaban J connectivity index is 1.41. The number of methoxy groups -OCH3 is 1. The van der Waals surface area contributed by atoms with E-state index < -0.39 is 11.6 Å². The molecule has 0 aromatic heterocycles. The third-order valence-corrected chi connectivity index (χ3v) is 5.64. The van der Waals surface area contributed by atoms with Gasteiger partial charge in [0, 0.05) is 26.1 Å². The third-order valence-electron chi connectivity index (χ3n) is 5.64. The second-order valence-electron chi connectivity index (χ2n) is 7.94. The number of likely N-dealkylation sites (tertiary alicyclic amines) is 1. The van der Waals surface area contributed by atoms with Crippen molar-refractivity contribution in [2.75, 3.05) is 20.2 Å². The van der Waals surface area contributed by atoms with Gasteiger partial charge in [0.05, 0.1) is 13.5 Å². The number of piperidine rings is 1. The summed E-state index contributed by atoms with van der Waals surface area (Å²) in [7, 11) is 1.61. The lowest BCUT2D eigenvalue weighted by Gasteiger charge is -2.33. The molecule has 166 valence electrons. The Bertz CT molecular complexity index is 902. The van der Waals surface area contributed by atoms with Crippen LogP contribution in [-0.4, -0.2) is 36.9 Å². The summed E-state index contributed by atoms with van der Waals surface area (Å²) in [6.45, 7) is 1.56. The quantitative estimate of drug-likeness (QED) is 0.692. The monoisotopic (exact) mass is 430 g/mol. The van der Waals surface area contributed by atoms with E-state index in [4.69, 9.17) is 4.74 Å². The molecule has 1 atom stereocenters. The predicted octanol–water partition coefficient (Wildman–Crippen LogP) is 3.85. The number of benzene rings is 2. The van der Waals surface area contributed by atoms with Crippen LogP contribution in [0, 0.1) is 17.6 Å². The fourth-order valence-electron chi connectivity index (χ4n) is 3.83. The highest BCUT2D eigenvalue weighted by Crippen LogP contribution is 2.22. The summed E-state index contributed by atoms with van der Waals surface area (Å²) in [6, 6.07) is 11.1. The number of carbonyl (C=O) groups excluding carboxylic acids is 2. The Morgan fingerprint density at radius 2 is 1.84 bits per heavy atom. The standard InChI is InChI=1S/C24H28F2N2O3/c1-31-20-8-4-17(5-9-20)14-24(30)28-12-2-3-18(16-28)7-11-23(29)27-15-19-6-10-21(25)22(26)13-19/h4-6,8-10,13,18H,2-3,7,11-12,14-16H2,1H3,(H,27,29)/t18-/m0/s1. The molecule has 0 saturated carbocycles. The van der Waals surface area contributed by atoms with Gasteiger partial charge in [0.2, 0.25) is 11.8 Å². The highest BCUT2D eigenvalue weighted by molar-refractivity contribution is 5.79. The summed E-state index contributed by atoms with van der Waals surface area (Å²) in [5, 5.41) is 2.74. The lowest BCUT2D eigenvalue weighted by atomic mass is 9.93. The number of ether oxygens (including phenoxy) is 1. The van der Waals surface area contributed by atoms with Gasteiger partial charge in [-0.05, 0) is 60.6 Å². The van der Waals surface area contributed by atoms with Gasteiger partial charge in [-0.15, -0.1) is 0 Å². The van der Waals surface area contributed by atoms with E-state index >= 15 is 0 Å². The van der Waals surface area contributed by atoms with Gasteiger partial charge < -0.3 is 15.0 Å². The molecule has 5 nitrogen and oxygen atoms in total. The van der Waals surface area contributed by atoms with E-state index in [1.54, 1.807) is 7.11 Å². The molecule has 0 bridgehead atoms. The number of nitrogens with one attached hydrogen (secondary N) is 1. The Morgan fingerprint density at radius 3 is 2.55 bits per heavy atom. The SMILES string of the molecule is COc1ccc(CC(=O)N2CCC[C@@H](CCC(=O)NCc3ccc(F)c(F)c3)C2)cc1. The van der Waals surface area contributed by atoms with Gasteiger partial charge in [0.15, 0.2) is 11.6 Å². The smallest absolute Gasteiger partial charge is 0.226 e. The lowest BCUT2D eigenvalue weighted by molar-refractivity contribution is -0.132. The molecule has 0 aliphatic carbocycles. The number of hydrogen-bond donors (Lipinski definition) is 1.